The van der Waals surface area contributed by atoms with E-state index >= 15 is 0 Å². The van der Waals surface area contributed by atoms with E-state index < -0.39 is 0 Å². The number of nitrogens with one attached hydrogen (secondary N) is 1. The van der Waals surface area contributed by atoms with Crippen LogP contribution in [0.1, 0.15) is 19.3 Å². The number of likely N-dealkylation sites (tertiary alicyclic amines) is 2. The van der Waals surface area contributed by atoms with Crippen LogP contribution in [0.3, 0.4) is 0 Å². The summed E-state index contributed by atoms with van der Waals surface area (Å²) in [6, 6.07) is 3.52. The minimum absolute atomic E-state index is 0.119. The molecule has 3 rings (SSSR count). The molecule has 3 heterocycles. The molecule has 0 spiro atoms. The van der Waals surface area contributed by atoms with Crippen LogP contribution in [0.25, 0.3) is 0 Å². The second-order valence-corrected chi connectivity index (χ2v) is 6.77. The van der Waals surface area contributed by atoms with Gasteiger partial charge in [0.2, 0.25) is 5.91 Å². The largest absolute Gasteiger partial charge is 0.390 e. The number of carbonyl (C=O) groups excluding carboxylic acids is 1. The lowest BCUT2D eigenvalue weighted by molar-refractivity contribution is -0.117. The Hall–Kier alpha value is -1.21. The van der Waals surface area contributed by atoms with Gasteiger partial charge in [0.25, 0.3) is 0 Å². The van der Waals surface area contributed by atoms with Crippen LogP contribution in [0, 0.1) is 0 Å². The van der Waals surface area contributed by atoms with Crippen LogP contribution in [0.15, 0.2) is 18.3 Å². The molecule has 2 aliphatic rings. The zero-order valence-electron chi connectivity index (χ0n) is 13.1. The SMILES string of the molecule is O=C(CN1C[C@@H](O)[C@H](N2CCCCC2)C1)Nc1ccc(Cl)cn1. The van der Waals surface area contributed by atoms with Crippen LogP contribution in [0.5, 0.6) is 0 Å². The van der Waals surface area contributed by atoms with Crippen LogP contribution >= 0.6 is 11.6 Å². The summed E-state index contributed by atoms with van der Waals surface area (Å²) in [6.45, 7) is 3.66. The van der Waals surface area contributed by atoms with Crippen molar-refractivity contribution in [3.05, 3.63) is 23.4 Å². The lowest BCUT2D eigenvalue weighted by Crippen LogP contribution is -2.46. The highest BCUT2D eigenvalue weighted by Crippen LogP contribution is 2.20. The molecule has 2 saturated heterocycles. The number of aliphatic hydroxyl groups excluding tert-OH is 1. The van der Waals surface area contributed by atoms with Gasteiger partial charge >= 0.3 is 0 Å². The fourth-order valence-electron chi connectivity index (χ4n) is 3.42. The highest BCUT2D eigenvalue weighted by Gasteiger charge is 2.36. The van der Waals surface area contributed by atoms with Crippen molar-refractivity contribution in [3.63, 3.8) is 0 Å². The molecule has 0 aliphatic carbocycles. The third-order valence-electron chi connectivity index (χ3n) is 4.56. The Morgan fingerprint density at radius 2 is 2.09 bits per heavy atom. The van der Waals surface area contributed by atoms with E-state index in [2.05, 4.69) is 15.2 Å². The molecule has 1 amide bonds. The summed E-state index contributed by atoms with van der Waals surface area (Å²) in [5.74, 6) is 0.373. The van der Waals surface area contributed by atoms with Gasteiger partial charge in [0.05, 0.1) is 17.7 Å². The predicted octanol–water partition coefficient (Wildman–Crippen LogP) is 1.20. The number of rotatable bonds is 4. The number of amides is 1. The number of carbonyl (C=O) groups is 1. The summed E-state index contributed by atoms with van der Waals surface area (Å²) in [5, 5.41) is 13.6. The average molecular weight is 339 g/mol. The first-order valence-electron chi connectivity index (χ1n) is 8.18. The van der Waals surface area contributed by atoms with Gasteiger partial charge in [-0.3, -0.25) is 14.6 Å². The van der Waals surface area contributed by atoms with Gasteiger partial charge in [-0.1, -0.05) is 18.0 Å². The van der Waals surface area contributed by atoms with E-state index in [1.807, 2.05) is 4.90 Å². The number of halogens is 1. The summed E-state index contributed by atoms with van der Waals surface area (Å²) >= 11 is 5.78. The Morgan fingerprint density at radius 1 is 1.30 bits per heavy atom. The van der Waals surface area contributed by atoms with Gasteiger partial charge < -0.3 is 10.4 Å². The van der Waals surface area contributed by atoms with E-state index in [4.69, 9.17) is 11.6 Å². The summed E-state index contributed by atoms with van der Waals surface area (Å²) in [6.07, 6.45) is 4.80. The second-order valence-electron chi connectivity index (χ2n) is 6.34. The summed E-state index contributed by atoms with van der Waals surface area (Å²) in [5.41, 5.74) is 0. The van der Waals surface area contributed by atoms with Crippen LogP contribution < -0.4 is 5.32 Å². The molecular formula is C16H23ClN4O2. The zero-order chi connectivity index (χ0) is 16.2. The Labute approximate surface area is 141 Å². The molecule has 0 radical (unpaired) electrons. The van der Waals surface area contributed by atoms with Gasteiger partial charge in [-0.15, -0.1) is 0 Å². The van der Waals surface area contributed by atoms with Gasteiger partial charge in [0, 0.05) is 25.3 Å². The lowest BCUT2D eigenvalue weighted by atomic mass is 10.1. The van der Waals surface area contributed by atoms with Crippen LogP contribution in [0.2, 0.25) is 5.02 Å². The fourth-order valence-corrected chi connectivity index (χ4v) is 3.53. The first kappa shape index (κ1) is 16.6. The standard InChI is InChI=1S/C16H23ClN4O2/c17-12-4-5-15(18-8-12)19-16(23)11-20-9-13(14(22)10-20)21-6-2-1-3-7-21/h4-5,8,13-14,22H,1-3,6-7,9-11H2,(H,18,19,23)/t13-,14-/m1/s1. The maximum absolute atomic E-state index is 12.1. The van der Waals surface area contributed by atoms with Crippen molar-refractivity contribution < 1.29 is 9.90 Å². The van der Waals surface area contributed by atoms with Gasteiger partial charge in [-0.2, -0.15) is 0 Å². The molecule has 1 aromatic heterocycles. The maximum atomic E-state index is 12.1. The quantitative estimate of drug-likeness (QED) is 0.863. The van der Waals surface area contributed by atoms with Crippen molar-refractivity contribution >= 4 is 23.3 Å². The molecule has 23 heavy (non-hydrogen) atoms. The van der Waals surface area contributed by atoms with Crippen molar-refractivity contribution in [2.24, 2.45) is 0 Å². The molecule has 2 aliphatic heterocycles. The minimum atomic E-state index is -0.380. The number of pyridine rings is 1. The molecule has 1 aromatic rings. The van der Waals surface area contributed by atoms with E-state index in [9.17, 15) is 9.90 Å². The van der Waals surface area contributed by atoms with Crippen LogP contribution in [0.4, 0.5) is 5.82 Å². The second kappa shape index (κ2) is 7.57. The Morgan fingerprint density at radius 3 is 2.78 bits per heavy atom. The molecule has 2 atom stereocenters. The topological polar surface area (TPSA) is 68.7 Å². The number of piperidine rings is 1. The minimum Gasteiger partial charge on any atom is -0.390 e. The first-order chi connectivity index (χ1) is 11.1. The number of aromatic nitrogens is 1. The van der Waals surface area contributed by atoms with Gasteiger partial charge in [-0.05, 0) is 38.1 Å². The molecule has 7 heteroatoms. The monoisotopic (exact) mass is 338 g/mol. The molecule has 2 fully saturated rings. The normalized spacial score (nSPS) is 26.3. The number of anilines is 1. The molecule has 0 saturated carbocycles. The smallest absolute Gasteiger partial charge is 0.239 e. The van der Waals surface area contributed by atoms with Gasteiger partial charge in [0.1, 0.15) is 5.82 Å². The third-order valence-corrected chi connectivity index (χ3v) is 4.78. The maximum Gasteiger partial charge on any atom is 0.239 e. The summed E-state index contributed by atoms with van der Waals surface area (Å²) < 4.78 is 0. The molecule has 0 unspecified atom stereocenters. The van der Waals surface area contributed by atoms with Crippen molar-refractivity contribution in [2.45, 2.75) is 31.4 Å². The van der Waals surface area contributed by atoms with Crippen LogP contribution in [-0.4, -0.2) is 70.7 Å². The number of hydrogen-bond donors (Lipinski definition) is 2. The first-order valence-corrected chi connectivity index (χ1v) is 8.55. The Bertz CT molecular complexity index is 533. The summed E-state index contributed by atoms with van der Waals surface area (Å²) in [4.78, 5) is 20.6. The number of aliphatic hydroxyl groups is 1. The lowest BCUT2D eigenvalue weighted by Gasteiger charge is -2.33. The number of hydrogen-bond acceptors (Lipinski definition) is 5. The highest BCUT2D eigenvalue weighted by molar-refractivity contribution is 6.30. The predicted molar refractivity (Wildman–Crippen MR) is 89.5 cm³/mol. The zero-order valence-corrected chi connectivity index (χ0v) is 13.9. The summed E-state index contributed by atoms with van der Waals surface area (Å²) in [7, 11) is 0. The van der Waals surface area contributed by atoms with Crippen LogP contribution in [-0.2, 0) is 4.79 Å². The molecule has 0 aromatic carbocycles. The van der Waals surface area contributed by atoms with E-state index in [-0.39, 0.29) is 24.6 Å². The average Bonchev–Trinajstić information content (AvgIpc) is 2.91. The van der Waals surface area contributed by atoms with Crippen molar-refractivity contribution in [1.82, 2.24) is 14.8 Å². The third kappa shape index (κ3) is 4.41. The Kier molecular flexibility index (Phi) is 5.48. The molecular weight excluding hydrogens is 316 g/mol. The van der Waals surface area contributed by atoms with E-state index in [1.165, 1.54) is 25.5 Å². The molecule has 0 bridgehead atoms. The van der Waals surface area contributed by atoms with Gasteiger partial charge in [-0.25, -0.2) is 4.98 Å². The number of β-amino-alcohol motifs (C(OH)–C–C–N with tert-alkyl or cyclic N) is 1. The van der Waals surface area contributed by atoms with Gasteiger partial charge in [0.15, 0.2) is 0 Å². The van der Waals surface area contributed by atoms with E-state index in [0.717, 1.165) is 19.6 Å². The van der Waals surface area contributed by atoms with Crippen molar-refractivity contribution in [3.8, 4) is 0 Å². The van der Waals surface area contributed by atoms with E-state index in [1.54, 1.807) is 12.1 Å². The molecule has 6 nitrogen and oxygen atoms in total. The van der Waals surface area contributed by atoms with E-state index in [0.29, 0.717) is 17.4 Å². The molecule has 126 valence electrons. The molecule has 2 N–H and O–H groups in total. The number of nitrogens with zero attached hydrogens (tertiary/aromatic N) is 3. The van der Waals surface area contributed by atoms with Crippen molar-refractivity contribution in [2.75, 3.05) is 38.0 Å². The Balaban J connectivity index is 1.50. The fraction of sp³-hybridized carbons (Fsp3) is 0.625. The highest BCUT2D eigenvalue weighted by atomic mass is 35.5. The van der Waals surface area contributed by atoms with Crippen molar-refractivity contribution in [1.29, 1.82) is 0 Å².